The van der Waals surface area contributed by atoms with Gasteiger partial charge < -0.3 is 20.3 Å². The van der Waals surface area contributed by atoms with Gasteiger partial charge in [-0.3, -0.25) is 14.6 Å². The Bertz CT molecular complexity index is 500. The summed E-state index contributed by atoms with van der Waals surface area (Å²) in [6.45, 7) is 11.8. The highest BCUT2D eigenvalue weighted by Gasteiger charge is 2.19. The van der Waals surface area contributed by atoms with Crippen molar-refractivity contribution in [1.29, 1.82) is 0 Å². The summed E-state index contributed by atoms with van der Waals surface area (Å²) in [6, 6.07) is 0. The molecule has 0 aromatic carbocycles. The quantitative estimate of drug-likeness (QED) is 0.229. The number of esters is 1. The first-order valence-corrected chi connectivity index (χ1v) is 10.8. The zero-order valence-corrected chi connectivity index (χ0v) is 18.3. The number of ether oxygens (including phenoxy) is 1. The summed E-state index contributed by atoms with van der Waals surface area (Å²) in [5.41, 5.74) is -0.396. The van der Waals surface area contributed by atoms with E-state index in [1.54, 1.807) is 0 Å². The van der Waals surface area contributed by atoms with E-state index >= 15 is 0 Å². The molecule has 1 aliphatic heterocycles. The van der Waals surface area contributed by atoms with Crippen LogP contribution < -0.4 is 10.6 Å². The number of likely N-dealkylation sites (tertiary alicyclic amines) is 1. The molecule has 0 bridgehead atoms. The highest BCUT2D eigenvalue weighted by Crippen LogP contribution is 2.11. The zero-order chi connectivity index (χ0) is 20.8. The van der Waals surface area contributed by atoms with Gasteiger partial charge in [-0.1, -0.05) is 12.8 Å². The minimum absolute atomic E-state index is 0.108. The molecule has 2 N–H and O–H groups in total. The van der Waals surface area contributed by atoms with Crippen molar-refractivity contribution < 1.29 is 14.3 Å². The Kier molecular flexibility index (Phi) is 11.6. The summed E-state index contributed by atoms with van der Waals surface area (Å²) < 4.78 is 5.31. The first kappa shape index (κ1) is 24.2. The summed E-state index contributed by atoms with van der Waals surface area (Å²) >= 11 is 0. The molecule has 28 heavy (non-hydrogen) atoms. The van der Waals surface area contributed by atoms with Gasteiger partial charge in [-0.15, -0.1) is 0 Å². The lowest BCUT2D eigenvalue weighted by atomic mass is 10.1. The molecule has 7 heteroatoms. The fraction of sp³-hybridized carbons (Fsp3) is 0.857. The van der Waals surface area contributed by atoms with Gasteiger partial charge in [0.25, 0.3) is 0 Å². The van der Waals surface area contributed by atoms with E-state index in [2.05, 4.69) is 22.5 Å². The van der Waals surface area contributed by atoms with Crippen LogP contribution in [-0.4, -0.2) is 61.1 Å². The molecule has 1 heterocycles. The first-order chi connectivity index (χ1) is 13.3. The third-order valence-electron chi connectivity index (χ3n) is 4.39. The van der Waals surface area contributed by atoms with Crippen molar-refractivity contribution in [3.63, 3.8) is 0 Å². The van der Waals surface area contributed by atoms with E-state index in [9.17, 15) is 9.59 Å². The van der Waals surface area contributed by atoms with E-state index in [0.717, 1.165) is 77.2 Å². The number of carbonyl (C=O) groups excluding carboxylic acids is 2. The molecule has 1 fully saturated rings. The van der Waals surface area contributed by atoms with Crippen molar-refractivity contribution in [1.82, 2.24) is 15.5 Å². The molecule has 1 aliphatic rings. The van der Waals surface area contributed by atoms with E-state index in [-0.39, 0.29) is 11.9 Å². The Balaban J connectivity index is 2.09. The van der Waals surface area contributed by atoms with Crippen LogP contribution in [-0.2, 0) is 14.3 Å². The van der Waals surface area contributed by atoms with Gasteiger partial charge in [-0.2, -0.15) is 0 Å². The number of guanidine groups is 1. The van der Waals surface area contributed by atoms with E-state index in [4.69, 9.17) is 4.74 Å². The molecule has 0 atom stereocenters. The van der Waals surface area contributed by atoms with Gasteiger partial charge >= 0.3 is 5.97 Å². The highest BCUT2D eigenvalue weighted by molar-refractivity contribution is 5.79. The monoisotopic (exact) mass is 396 g/mol. The maximum Gasteiger partial charge on any atom is 0.306 e. The molecule has 0 aromatic rings. The number of hydrogen-bond donors (Lipinski definition) is 2. The summed E-state index contributed by atoms with van der Waals surface area (Å²) in [7, 11) is 0. The summed E-state index contributed by atoms with van der Waals surface area (Å²) in [4.78, 5) is 29.8. The molecule has 0 aliphatic carbocycles. The van der Waals surface area contributed by atoms with Crippen molar-refractivity contribution in [2.24, 2.45) is 4.99 Å². The van der Waals surface area contributed by atoms with Crippen molar-refractivity contribution in [3.05, 3.63) is 0 Å². The lowest BCUT2D eigenvalue weighted by molar-refractivity contribution is -0.154. The van der Waals surface area contributed by atoms with Crippen molar-refractivity contribution in [2.45, 2.75) is 84.7 Å². The zero-order valence-electron chi connectivity index (χ0n) is 18.3. The average molecular weight is 397 g/mol. The standard InChI is InChI=1S/C21H40N4O3/c1-5-22-20(24-15-11-17-25-16-10-12-18(25)26)23-14-9-7-6-8-13-19(27)28-21(2,3)4/h5-17H2,1-4H3,(H2,22,23,24). The highest BCUT2D eigenvalue weighted by atomic mass is 16.6. The number of carbonyl (C=O) groups is 2. The van der Waals surface area contributed by atoms with Crippen molar-refractivity contribution >= 4 is 17.8 Å². The summed E-state index contributed by atoms with van der Waals surface area (Å²) in [5.74, 6) is 1.01. The normalized spacial score (nSPS) is 15.1. The number of nitrogens with one attached hydrogen (secondary N) is 2. The Morgan fingerprint density at radius 3 is 2.54 bits per heavy atom. The molecule has 7 nitrogen and oxygen atoms in total. The molecular weight excluding hydrogens is 356 g/mol. The van der Waals surface area contributed by atoms with Crippen LogP contribution in [0.3, 0.4) is 0 Å². The van der Waals surface area contributed by atoms with E-state index in [1.165, 1.54) is 0 Å². The first-order valence-electron chi connectivity index (χ1n) is 10.8. The van der Waals surface area contributed by atoms with Crippen LogP contribution in [0.15, 0.2) is 4.99 Å². The van der Waals surface area contributed by atoms with Crippen LogP contribution in [0.5, 0.6) is 0 Å². The van der Waals surface area contributed by atoms with Gasteiger partial charge in [0, 0.05) is 45.6 Å². The second-order valence-corrected chi connectivity index (χ2v) is 8.28. The predicted molar refractivity (Wildman–Crippen MR) is 113 cm³/mol. The third-order valence-corrected chi connectivity index (χ3v) is 4.39. The summed E-state index contributed by atoms with van der Waals surface area (Å²) in [5, 5.41) is 6.61. The number of rotatable bonds is 12. The molecule has 1 saturated heterocycles. The Morgan fingerprint density at radius 1 is 1.14 bits per heavy atom. The van der Waals surface area contributed by atoms with Gasteiger partial charge in [0.2, 0.25) is 5.91 Å². The maximum atomic E-state index is 11.7. The Labute approximate surface area is 170 Å². The van der Waals surface area contributed by atoms with Crippen molar-refractivity contribution in [3.8, 4) is 0 Å². The molecule has 0 spiro atoms. The lowest BCUT2D eigenvalue weighted by Crippen LogP contribution is -2.38. The maximum absolute atomic E-state index is 11.7. The summed E-state index contributed by atoms with van der Waals surface area (Å²) in [6.07, 6.45) is 7.10. The van der Waals surface area contributed by atoms with Gasteiger partial charge in [-0.25, -0.2) is 0 Å². The van der Waals surface area contributed by atoms with Crippen LogP contribution in [0, 0.1) is 0 Å². The van der Waals surface area contributed by atoms with Crippen LogP contribution in [0.4, 0.5) is 0 Å². The fourth-order valence-corrected chi connectivity index (χ4v) is 3.08. The topological polar surface area (TPSA) is 83.0 Å². The smallest absolute Gasteiger partial charge is 0.306 e. The van der Waals surface area contributed by atoms with E-state index < -0.39 is 5.60 Å². The molecular formula is C21H40N4O3. The van der Waals surface area contributed by atoms with E-state index in [0.29, 0.717) is 12.8 Å². The van der Waals surface area contributed by atoms with Gasteiger partial charge in [0.15, 0.2) is 5.96 Å². The number of amides is 1. The second-order valence-electron chi connectivity index (χ2n) is 8.28. The molecule has 1 rings (SSSR count). The molecule has 0 radical (unpaired) electrons. The van der Waals surface area contributed by atoms with Gasteiger partial charge in [-0.05, 0) is 53.4 Å². The van der Waals surface area contributed by atoms with Gasteiger partial charge in [0.05, 0.1) is 0 Å². The Hall–Kier alpha value is -1.79. The minimum Gasteiger partial charge on any atom is -0.460 e. The fourth-order valence-electron chi connectivity index (χ4n) is 3.08. The van der Waals surface area contributed by atoms with Gasteiger partial charge in [0.1, 0.15) is 5.60 Å². The molecule has 0 unspecified atom stereocenters. The Morgan fingerprint density at radius 2 is 1.89 bits per heavy atom. The second kappa shape index (κ2) is 13.4. The average Bonchev–Trinajstić information content (AvgIpc) is 3.01. The minimum atomic E-state index is -0.396. The predicted octanol–water partition coefficient (Wildman–Crippen LogP) is 2.85. The molecule has 1 amide bonds. The molecule has 0 saturated carbocycles. The molecule has 0 aromatic heterocycles. The van der Waals surface area contributed by atoms with Crippen LogP contribution in [0.1, 0.15) is 79.1 Å². The molecule has 162 valence electrons. The third kappa shape index (κ3) is 11.8. The number of hydrogen-bond acceptors (Lipinski definition) is 4. The SMILES string of the molecule is CCNC(=NCCCN1CCCC1=O)NCCCCCCC(=O)OC(C)(C)C. The van der Waals surface area contributed by atoms with Crippen LogP contribution in [0.25, 0.3) is 0 Å². The van der Waals surface area contributed by atoms with Crippen molar-refractivity contribution in [2.75, 3.05) is 32.7 Å². The van der Waals surface area contributed by atoms with Crippen LogP contribution in [0.2, 0.25) is 0 Å². The largest absolute Gasteiger partial charge is 0.460 e. The number of unbranched alkanes of at least 4 members (excludes halogenated alkanes) is 3. The lowest BCUT2D eigenvalue weighted by Gasteiger charge is -2.19. The number of aliphatic imine (C=N–C) groups is 1. The van der Waals surface area contributed by atoms with Crippen LogP contribution >= 0.6 is 0 Å². The number of nitrogens with zero attached hydrogens (tertiary/aromatic N) is 2. The van der Waals surface area contributed by atoms with E-state index in [1.807, 2.05) is 25.7 Å².